The second-order valence-corrected chi connectivity index (χ2v) is 6.65. The molecule has 0 fully saturated rings. The third-order valence-corrected chi connectivity index (χ3v) is 4.29. The lowest BCUT2D eigenvalue weighted by atomic mass is 10.3. The van der Waals surface area contributed by atoms with Crippen molar-refractivity contribution in [2.45, 2.75) is 20.3 Å². The van der Waals surface area contributed by atoms with Gasteiger partial charge in [-0.05, 0) is 26.0 Å². The van der Waals surface area contributed by atoms with Crippen LogP contribution in [0.2, 0.25) is 0 Å². The number of guanidine groups is 1. The molecule has 0 aliphatic heterocycles. The molecule has 0 saturated heterocycles. The van der Waals surface area contributed by atoms with E-state index in [-0.39, 0.29) is 24.0 Å². The first-order valence-electron chi connectivity index (χ1n) is 8.41. The van der Waals surface area contributed by atoms with E-state index in [2.05, 4.69) is 27.5 Å². The second kappa shape index (κ2) is 12.7. The van der Waals surface area contributed by atoms with Crippen LogP contribution in [0.1, 0.15) is 16.8 Å². The van der Waals surface area contributed by atoms with Crippen molar-refractivity contribution in [1.29, 1.82) is 0 Å². The monoisotopic (exact) mass is 490 g/mol. The molecule has 0 radical (unpaired) electrons. The van der Waals surface area contributed by atoms with E-state index in [4.69, 9.17) is 9.47 Å². The molecule has 0 unspecified atom stereocenters. The minimum atomic E-state index is 0. The largest absolute Gasteiger partial charge is 0.497 e. The Bertz CT molecular complexity index is 679. The van der Waals surface area contributed by atoms with Crippen LogP contribution in [-0.4, -0.2) is 44.3 Å². The SMILES string of the molecule is CCNC(=NCCc1ncc(C)s1)NCCOc1cccc(OC)c1.I. The third-order valence-electron chi connectivity index (χ3n) is 3.31. The lowest BCUT2D eigenvalue weighted by Gasteiger charge is -2.12. The van der Waals surface area contributed by atoms with Gasteiger partial charge in [0.1, 0.15) is 18.1 Å². The van der Waals surface area contributed by atoms with E-state index in [1.807, 2.05) is 37.4 Å². The summed E-state index contributed by atoms with van der Waals surface area (Å²) in [6.07, 6.45) is 2.76. The number of methoxy groups -OCH3 is 1. The van der Waals surface area contributed by atoms with Crippen molar-refractivity contribution in [3.63, 3.8) is 0 Å². The molecule has 0 saturated carbocycles. The van der Waals surface area contributed by atoms with Gasteiger partial charge in [0.2, 0.25) is 0 Å². The van der Waals surface area contributed by atoms with Gasteiger partial charge in [0.15, 0.2) is 5.96 Å². The highest BCUT2D eigenvalue weighted by Crippen LogP contribution is 2.18. The number of halogens is 1. The Morgan fingerprint density at radius 3 is 2.77 bits per heavy atom. The predicted molar refractivity (Wildman–Crippen MR) is 118 cm³/mol. The fourth-order valence-electron chi connectivity index (χ4n) is 2.15. The van der Waals surface area contributed by atoms with Gasteiger partial charge in [-0.2, -0.15) is 0 Å². The van der Waals surface area contributed by atoms with Gasteiger partial charge in [-0.3, -0.25) is 4.99 Å². The topological polar surface area (TPSA) is 67.8 Å². The van der Waals surface area contributed by atoms with E-state index in [9.17, 15) is 0 Å². The van der Waals surface area contributed by atoms with Gasteiger partial charge < -0.3 is 20.1 Å². The molecule has 6 nitrogen and oxygen atoms in total. The first-order chi connectivity index (χ1) is 12.2. The van der Waals surface area contributed by atoms with Gasteiger partial charge in [-0.15, -0.1) is 35.3 Å². The first-order valence-corrected chi connectivity index (χ1v) is 9.23. The van der Waals surface area contributed by atoms with Crippen molar-refractivity contribution in [1.82, 2.24) is 15.6 Å². The Hall–Kier alpha value is -1.55. The molecule has 1 heterocycles. The number of nitrogens with zero attached hydrogens (tertiary/aromatic N) is 2. The Labute approximate surface area is 176 Å². The fourth-order valence-corrected chi connectivity index (χ4v) is 2.93. The summed E-state index contributed by atoms with van der Waals surface area (Å²) in [5.74, 6) is 2.38. The number of ether oxygens (including phenoxy) is 2. The number of rotatable bonds is 9. The highest BCUT2D eigenvalue weighted by atomic mass is 127. The van der Waals surface area contributed by atoms with Crippen LogP contribution < -0.4 is 20.1 Å². The van der Waals surface area contributed by atoms with Crippen LogP contribution in [0, 0.1) is 6.92 Å². The van der Waals surface area contributed by atoms with Gasteiger partial charge >= 0.3 is 0 Å². The Kier molecular flexibility index (Phi) is 11.0. The van der Waals surface area contributed by atoms with Crippen LogP contribution in [0.15, 0.2) is 35.5 Å². The summed E-state index contributed by atoms with van der Waals surface area (Å²) in [7, 11) is 1.65. The molecule has 8 heteroatoms. The van der Waals surface area contributed by atoms with Crippen molar-refractivity contribution >= 4 is 41.3 Å². The summed E-state index contributed by atoms with van der Waals surface area (Å²) in [4.78, 5) is 10.2. The van der Waals surface area contributed by atoms with E-state index < -0.39 is 0 Å². The summed E-state index contributed by atoms with van der Waals surface area (Å²) < 4.78 is 10.9. The zero-order valence-corrected chi connectivity index (χ0v) is 18.6. The van der Waals surface area contributed by atoms with Crippen LogP contribution in [0.5, 0.6) is 11.5 Å². The summed E-state index contributed by atoms with van der Waals surface area (Å²) >= 11 is 1.72. The molecule has 2 aromatic rings. The van der Waals surface area contributed by atoms with Crippen LogP contribution in [0.4, 0.5) is 0 Å². The third kappa shape index (κ3) is 8.22. The van der Waals surface area contributed by atoms with Crippen molar-refractivity contribution in [3.05, 3.63) is 40.3 Å². The molecule has 0 atom stereocenters. The molecule has 144 valence electrons. The Balaban J connectivity index is 0.00000338. The molecule has 0 spiro atoms. The zero-order chi connectivity index (χ0) is 17.9. The smallest absolute Gasteiger partial charge is 0.191 e. The van der Waals surface area contributed by atoms with E-state index >= 15 is 0 Å². The molecule has 0 bridgehead atoms. The number of aryl methyl sites for hydroxylation is 1. The summed E-state index contributed by atoms with van der Waals surface area (Å²) in [5, 5.41) is 7.64. The number of aliphatic imine (C=N–C) groups is 1. The van der Waals surface area contributed by atoms with Gasteiger partial charge in [-0.1, -0.05) is 6.07 Å². The highest BCUT2D eigenvalue weighted by Gasteiger charge is 2.01. The number of aromatic nitrogens is 1. The van der Waals surface area contributed by atoms with Crippen LogP contribution in [0.25, 0.3) is 0 Å². The number of thiazole rings is 1. The standard InChI is InChI=1S/C18H26N4O2S.HI/c1-4-19-18(20-9-8-17-22-13-14(2)25-17)21-10-11-24-16-7-5-6-15(12-16)23-3;/h5-7,12-13H,4,8-11H2,1-3H3,(H2,19,20,21);1H. The minimum absolute atomic E-state index is 0. The zero-order valence-electron chi connectivity index (χ0n) is 15.4. The molecule has 0 amide bonds. The van der Waals surface area contributed by atoms with Gasteiger partial charge in [0.05, 0.1) is 18.7 Å². The quantitative estimate of drug-likeness (QED) is 0.245. The summed E-state index contributed by atoms with van der Waals surface area (Å²) in [6, 6.07) is 7.59. The Morgan fingerprint density at radius 2 is 2.08 bits per heavy atom. The van der Waals surface area contributed by atoms with E-state index in [0.29, 0.717) is 19.7 Å². The molecule has 0 aliphatic carbocycles. The maximum atomic E-state index is 5.72. The number of hydrogen-bond acceptors (Lipinski definition) is 5. The molecule has 1 aromatic heterocycles. The van der Waals surface area contributed by atoms with Crippen molar-refractivity contribution < 1.29 is 9.47 Å². The molecular weight excluding hydrogens is 463 g/mol. The first kappa shape index (κ1) is 22.5. The highest BCUT2D eigenvalue weighted by molar-refractivity contribution is 14.0. The average molecular weight is 490 g/mol. The average Bonchev–Trinajstić information content (AvgIpc) is 3.04. The molecular formula is C18H27IN4O2S. The molecule has 1 aromatic carbocycles. The fraction of sp³-hybridized carbons (Fsp3) is 0.444. The van der Waals surface area contributed by atoms with Crippen LogP contribution in [0.3, 0.4) is 0 Å². The van der Waals surface area contributed by atoms with Crippen LogP contribution in [-0.2, 0) is 6.42 Å². The maximum Gasteiger partial charge on any atom is 0.191 e. The van der Waals surface area contributed by atoms with Crippen molar-refractivity contribution in [2.75, 3.05) is 33.4 Å². The number of benzene rings is 1. The number of nitrogens with one attached hydrogen (secondary N) is 2. The summed E-state index contributed by atoms with van der Waals surface area (Å²) in [5.41, 5.74) is 0. The van der Waals surface area contributed by atoms with Crippen molar-refractivity contribution in [3.8, 4) is 11.5 Å². The lowest BCUT2D eigenvalue weighted by molar-refractivity contribution is 0.319. The van der Waals surface area contributed by atoms with E-state index in [0.717, 1.165) is 35.4 Å². The molecule has 26 heavy (non-hydrogen) atoms. The Morgan fingerprint density at radius 1 is 1.27 bits per heavy atom. The normalized spacial score (nSPS) is 10.8. The predicted octanol–water partition coefficient (Wildman–Crippen LogP) is 3.25. The van der Waals surface area contributed by atoms with E-state index in [1.165, 1.54) is 4.88 Å². The second-order valence-electron chi connectivity index (χ2n) is 5.33. The van der Waals surface area contributed by atoms with Gasteiger partial charge in [0, 0.05) is 36.7 Å². The number of hydrogen-bond donors (Lipinski definition) is 2. The molecule has 2 N–H and O–H groups in total. The summed E-state index contributed by atoms with van der Waals surface area (Å²) in [6.45, 7) is 6.85. The van der Waals surface area contributed by atoms with Crippen molar-refractivity contribution in [2.24, 2.45) is 4.99 Å². The molecule has 0 aliphatic rings. The lowest BCUT2D eigenvalue weighted by Crippen LogP contribution is -2.39. The van der Waals surface area contributed by atoms with Crippen LogP contribution >= 0.6 is 35.3 Å². The minimum Gasteiger partial charge on any atom is -0.497 e. The molecule has 2 rings (SSSR count). The van der Waals surface area contributed by atoms with E-state index in [1.54, 1.807) is 18.4 Å². The van der Waals surface area contributed by atoms with Gasteiger partial charge in [-0.25, -0.2) is 4.98 Å². The van der Waals surface area contributed by atoms with Gasteiger partial charge in [0.25, 0.3) is 0 Å². The maximum absolute atomic E-state index is 5.72.